The van der Waals surface area contributed by atoms with Crippen LogP contribution in [0, 0.1) is 11.7 Å². The first-order chi connectivity index (χ1) is 9.18. The molecule has 0 bridgehead atoms. The van der Waals surface area contributed by atoms with Gasteiger partial charge in [-0.05, 0) is 24.8 Å². The second-order valence-corrected chi connectivity index (χ2v) is 5.11. The minimum atomic E-state index is -0.740. The first-order valence-corrected chi connectivity index (χ1v) is 6.86. The van der Waals surface area contributed by atoms with Crippen molar-refractivity contribution < 1.29 is 9.18 Å². The summed E-state index contributed by atoms with van der Waals surface area (Å²) in [6, 6.07) is 1.35. The number of carbonyl (C=O) groups excluding carboxylic acids is 1. The molecule has 0 unspecified atom stereocenters. The van der Waals surface area contributed by atoms with Crippen molar-refractivity contribution in [3.63, 3.8) is 0 Å². The van der Waals surface area contributed by atoms with Crippen molar-refractivity contribution in [2.75, 3.05) is 12.3 Å². The number of pyridine rings is 1. The average Bonchev–Trinajstić information content (AvgIpc) is 2.91. The maximum Gasteiger partial charge on any atom is 0.254 e. The summed E-state index contributed by atoms with van der Waals surface area (Å²) < 4.78 is 13.6. The van der Waals surface area contributed by atoms with Gasteiger partial charge in [-0.2, -0.15) is 0 Å². The fourth-order valence-electron chi connectivity index (χ4n) is 2.62. The summed E-state index contributed by atoms with van der Waals surface area (Å²) in [6.07, 6.45) is 8.70. The lowest BCUT2D eigenvalue weighted by atomic mass is 10.0. The molecule has 0 atom stereocenters. The molecule has 0 saturated heterocycles. The molecular weight excluding hydrogens is 245 g/mol. The van der Waals surface area contributed by atoms with E-state index in [-0.39, 0.29) is 11.4 Å². The highest BCUT2D eigenvalue weighted by Gasteiger charge is 2.16. The monoisotopic (exact) mass is 265 g/mol. The van der Waals surface area contributed by atoms with E-state index in [0.717, 1.165) is 18.8 Å². The number of nitrogens with zero attached hydrogens (tertiary/aromatic N) is 1. The Kier molecular flexibility index (Phi) is 4.71. The van der Waals surface area contributed by atoms with Crippen molar-refractivity contribution in [2.45, 2.75) is 38.5 Å². The summed E-state index contributed by atoms with van der Waals surface area (Å²) in [6.45, 7) is 0.580. The van der Waals surface area contributed by atoms with Crippen LogP contribution >= 0.6 is 0 Å². The van der Waals surface area contributed by atoms with E-state index in [0.29, 0.717) is 6.54 Å². The van der Waals surface area contributed by atoms with Gasteiger partial charge in [0, 0.05) is 12.7 Å². The Labute approximate surface area is 112 Å². The Morgan fingerprint density at radius 3 is 2.95 bits per heavy atom. The number of hydrogen-bond donors (Lipinski definition) is 2. The fraction of sp³-hybridized carbons (Fsp3) is 0.571. The van der Waals surface area contributed by atoms with Crippen molar-refractivity contribution in [3.8, 4) is 0 Å². The molecule has 1 amide bonds. The number of rotatable bonds is 5. The number of halogens is 1. The lowest BCUT2D eigenvalue weighted by Crippen LogP contribution is -2.26. The zero-order chi connectivity index (χ0) is 13.7. The van der Waals surface area contributed by atoms with Crippen molar-refractivity contribution in [1.82, 2.24) is 10.3 Å². The van der Waals surface area contributed by atoms with Crippen LogP contribution in [-0.4, -0.2) is 17.4 Å². The number of nitrogens with one attached hydrogen (secondary N) is 1. The summed E-state index contributed by atoms with van der Waals surface area (Å²) in [4.78, 5) is 15.4. The number of amides is 1. The van der Waals surface area contributed by atoms with E-state index in [1.165, 1.54) is 37.9 Å². The highest BCUT2D eigenvalue weighted by Crippen LogP contribution is 2.28. The Morgan fingerprint density at radius 2 is 2.21 bits per heavy atom. The topological polar surface area (TPSA) is 68.0 Å². The quantitative estimate of drug-likeness (QED) is 0.804. The Balaban J connectivity index is 1.76. The van der Waals surface area contributed by atoms with Crippen LogP contribution in [0.4, 0.5) is 10.2 Å². The van der Waals surface area contributed by atoms with Crippen LogP contribution in [0.2, 0.25) is 0 Å². The maximum atomic E-state index is 13.6. The Hall–Kier alpha value is -1.65. The zero-order valence-corrected chi connectivity index (χ0v) is 11.0. The third kappa shape index (κ3) is 3.66. The molecule has 0 spiro atoms. The Morgan fingerprint density at radius 1 is 1.47 bits per heavy atom. The molecule has 19 heavy (non-hydrogen) atoms. The van der Waals surface area contributed by atoms with Gasteiger partial charge in [0.25, 0.3) is 5.91 Å². The van der Waals surface area contributed by atoms with E-state index in [9.17, 15) is 9.18 Å². The van der Waals surface area contributed by atoms with E-state index in [2.05, 4.69) is 10.3 Å². The second-order valence-electron chi connectivity index (χ2n) is 5.11. The van der Waals surface area contributed by atoms with Gasteiger partial charge in [-0.15, -0.1) is 0 Å². The molecule has 1 saturated carbocycles. The van der Waals surface area contributed by atoms with Gasteiger partial charge in [0.05, 0.1) is 5.56 Å². The molecule has 4 nitrogen and oxygen atoms in total. The molecule has 1 aromatic rings. The molecule has 104 valence electrons. The molecule has 0 aliphatic heterocycles. The van der Waals surface area contributed by atoms with Crippen LogP contribution in [0.3, 0.4) is 0 Å². The highest BCUT2D eigenvalue weighted by molar-refractivity contribution is 5.95. The van der Waals surface area contributed by atoms with E-state index < -0.39 is 11.7 Å². The predicted octanol–water partition coefficient (Wildman–Crippen LogP) is 2.50. The van der Waals surface area contributed by atoms with Gasteiger partial charge in [0.15, 0.2) is 11.6 Å². The molecule has 0 radical (unpaired) electrons. The molecule has 1 fully saturated rings. The SMILES string of the molecule is Nc1nccc(C(=O)NCCCC2CCCC2)c1F. The van der Waals surface area contributed by atoms with Crippen LogP contribution in [0.15, 0.2) is 12.3 Å². The van der Waals surface area contributed by atoms with Gasteiger partial charge in [-0.1, -0.05) is 25.7 Å². The number of aromatic nitrogens is 1. The van der Waals surface area contributed by atoms with Crippen molar-refractivity contribution in [3.05, 3.63) is 23.6 Å². The molecule has 2 rings (SSSR count). The first kappa shape index (κ1) is 13.8. The number of hydrogen-bond acceptors (Lipinski definition) is 3. The van der Waals surface area contributed by atoms with Crippen LogP contribution in [0.5, 0.6) is 0 Å². The molecule has 0 aromatic carbocycles. The van der Waals surface area contributed by atoms with Gasteiger partial charge >= 0.3 is 0 Å². The Bertz CT molecular complexity index is 444. The molecule has 1 aliphatic rings. The number of anilines is 1. The number of nitrogens with two attached hydrogens (primary N) is 1. The summed E-state index contributed by atoms with van der Waals surface area (Å²) in [5.41, 5.74) is 5.30. The van der Waals surface area contributed by atoms with Crippen molar-refractivity contribution >= 4 is 11.7 Å². The van der Waals surface area contributed by atoms with Crippen LogP contribution in [0.1, 0.15) is 48.9 Å². The lowest BCUT2D eigenvalue weighted by Gasteiger charge is -2.10. The fourth-order valence-corrected chi connectivity index (χ4v) is 2.62. The lowest BCUT2D eigenvalue weighted by molar-refractivity contribution is 0.0948. The number of carbonyl (C=O) groups is 1. The normalized spacial score (nSPS) is 15.6. The average molecular weight is 265 g/mol. The van der Waals surface area contributed by atoms with Crippen LogP contribution < -0.4 is 11.1 Å². The summed E-state index contributed by atoms with van der Waals surface area (Å²) in [5.74, 6) is -0.586. The van der Waals surface area contributed by atoms with Crippen LogP contribution in [-0.2, 0) is 0 Å². The molecule has 1 heterocycles. The molecular formula is C14H20FN3O. The second kappa shape index (κ2) is 6.50. The van der Waals surface area contributed by atoms with E-state index in [4.69, 9.17) is 5.73 Å². The third-order valence-corrected chi connectivity index (χ3v) is 3.71. The summed E-state index contributed by atoms with van der Waals surface area (Å²) in [5, 5.41) is 2.73. The third-order valence-electron chi connectivity index (χ3n) is 3.71. The molecule has 3 N–H and O–H groups in total. The van der Waals surface area contributed by atoms with Crippen molar-refractivity contribution in [1.29, 1.82) is 0 Å². The summed E-state index contributed by atoms with van der Waals surface area (Å²) >= 11 is 0. The highest BCUT2D eigenvalue weighted by atomic mass is 19.1. The molecule has 1 aliphatic carbocycles. The predicted molar refractivity (Wildman–Crippen MR) is 72.1 cm³/mol. The van der Waals surface area contributed by atoms with Gasteiger partial charge in [0.2, 0.25) is 0 Å². The smallest absolute Gasteiger partial charge is 0.254 e. The largest absolute Gasteiger partial charge is 0.381 e. The van der Waals surface area contributed by atoms with Gasteiger partial charge in [-0.25, -0.2) is 9.37 Å². The zero-order valence-electron chi connectivity index (χ0n) is 11.0. The van der Waals surface area contributed by atoms with Crippen molar-refractivity contribution in [2.24, 2.45) is 5.92 Å². The molecule has 5 heteroatoms. The van der Waals surface area contributed by atoms with Gasteiger partial charge in [-0.3, -0.25) is 4.79 Å². The maximum absolute atomic E-state index is 13.6. The van der Waals surface area contributed by atoms with Crippen LogP contribution in [0.25, 0.3) is 0 Å². The van der Waals surface area contributed by atoms with Gasteiger partial charge in [0.1, 0.15) is 0 Å². The number of nitrogen functional groups attached to an aromatic ring is 1. The van der Waals surface area contributed by atoms with E-state index in [1.54, 1.807) is 0 Å². The minimum Gasteiger partial charge on any atom is -0.381 e. The minimum absolute atomic E-state index is 0.0339. The van der Waals surface area contributed by atoms with E-state index >= 15 is 0 Å². The van der Waals surface area contributed by atoms with E-state index in [1.807, 2.05) is 0 Å². The summed E-state index contributed by atoms with van der Waals surface area (Å²) in [7, 11) is 0. The van der Waals surface area contributed by atoms with Gasteiger partial charge < -0.3 is 11.1 Å². The molecule has 1 aromatic heterocycles. The standard InChI is InChI=1S/C14H20FN3O/c15-12-11(7-9-17-13(12)16)14(19)18-8-3-6-10-4-1-2-5-10/h7,9-10H,1-6,8H2,(H2,16,17)(H,18,19). The first-order valence-electron chi connectivity index (χ1n) is 6.86.